The van der Waals surface area contributed by atoms with Crippen LogP contribution in [0.15, 0.2) is 77.7 Å². The topological polar surface area (TPSA) is 105 Å². The van der Waals surface area contributed by atoms with Crippen molar-refractivity contribution >= 4 is 44.8 Å². The quantitative estimate of drug-likeness (QED) is 0.502. The molecule has 0 unspecified atom stereocenters. The summed E-state index contributed by atoms with van der Waals surface area (Å²) >= 11 is 5.83. The van der Waals surface area contributed by atoms with Crippen LogP contribution in [-0.4, -0.2) is 45.8 Å². The number of hydrogen-bond acceptors (Lipinski definition) is 5. The molecule has 8 nitrogen and oxygen atoms in total. The third kappa shape index (κ3) is 6.24. The second-order valence-corrected chi connectivity index (χ2v) is 9.17. The van der Waals surface area contributed by atoms with Gasteiger partial charge in [0.25, 0.3) is 15.9 Å². The zero-order valence-corrected chi connectivity index (χ0v) is 19.5. The number of carbonyl (C=O) groups is 2. The van der Waals surface area contributed by atoms with Gasteiger partial charge in [-0.2, -0.15) is 0 Å². The number of methoxy groups -OCH3 is 1. The molecule has 172 valence electrons. The molecule has 2 amide bonds. The molecular weight excluding hydrogens is 466 g/mol. The monoisotopic (exact) mass is 487 g/mol. The Morgan fingerprint density at radius 3 is 2.39 bits per heavy atom. The smallest absolute Gasteiger partial charge is 0.261 e. The van der Waals surface area contributed by atoms with Gasteiger partial charge in [-0.3, -0.25) is 14.3 Å². The second kappa shape index (κ2) is 10.4. The number of amides is 2. The molecule has 0 aliphatic carbocycles. The molecule has 0 saturated heterocycles. The molecule has 0 radical (unpaired) electrons. The van der Waals surface area contributed by atoms with Crippen molar-refractivity contribution in [3.63, 3.8) is 0 Å². The molecule has 0 saturated carbocycles. The zero-order valence-electron chi connectivity index (χ0n) is 17.9. The molecule has 3 rings (SSSR count). The number of hydrogen-bond donors (Lipinski definition) is 2. The molecule has 33 heavy (non-hydrogen) atoms. The Balaban J connectivity index is 1.73. The molecule has 10 heteroatoms. The fourth-order valence-corrected chi connectivity index (χ4v) is 4.18. The molecule has 2 N–H and O–H groups in total. The minimum atomic E-state index is -3.95. The van der Waals surface area contributed by atoms with E-state index in [1.165, 1.54) is 55.5 Å². The van der Waals surface area contributed by atoms with Crippen molar-refractivity contribution in [1.29, 1.82) is 0 Å². The number of likely N-dealkylation sites (N-methyl/N-ethyl adjacent to an activating group) is 1. The van der Waals surface area contributed by atoms with Crippen LogP contribution in [0.2, 0.25) is 5.02 Å². The lowest BCUT2D eigenvalue weighted by Gasteiger charge is -2.19. The molecule has 0 atom stereocenters. The predicted octanol–water partition coefficient (Wildman–Crippen LogP) is 3.86. The number of nitrogens with zero attached hydrogens (tertiary/aromatic N) is 1. The number of ether oxygens (including phenoxy) is 1. The molecule has 0 heterocycles. The lowest BCUT2D eigenvalue weighted by molar-refractivity contribution is -0.116. The molecule has 0 bridgehead atoms. The van der Waals surface area contributed by atoms with E-state index in [4.69, 9.17) is 16.3 Å². The predicted molar refractivity (Wildman–Crippen MR) is 127 cm³/mol. The van der Waals surface area contributed by atoms with Crippen LogP contribution in [0, 0.1) is 0 Å². The minimum Gasteiger partial charge on any atom is -0.497 e. The summed E-state index contributed by atoms with van der Waals surface area (Å²) in [5.74, 6) is -0.359. The molecule has 0 aliphatic rings. The van der Waals surface area contributed by atoms with E-state index in [-0.39, 0.29) is 22.7 Å². The van der Waals surface area contributed by atoms with Gasteiger partial charge in [0, 0.05) is 23.8 Å². The second-order valence-electron chi connectivity index (χ2n) is 7.05. The van der Waals surface area contributed by atoms with Crippen LogP contribution < -0.4 is 14.8 Å². The van der Waals surface area contributed by atoms with Gasteiger partial charge in [0.15, 0.2) is 0 Å². The molecule has 0 fully saturated rings. The van der Waals surface area contributed by atoms with Crippen molar-refractivity contribution in [2.75, 3.05) is 30.7 Å². The lowest BCUT2D eigenvalue weighted by atomic mass is 10.1. The van der Waals surface area contributed by atoms with Crippen LogP contribution in [0.1, 0.15) is 10.4 Å². The van der Waals surface area contributed by atoms with Crippen LogP contribution in [0.4, 0.5) is 11.4 Å². The number of halogens is 1. The van der Waals surface area contributed by atoms with E-state index in [9.17, 15) is 18.0 Å². The van der Waals surface area contributed by atoms with Crippen LogP contribution >= 0.6 is 11.6 Å². The van der Waals surface area contributed by atoms with Crippen molar-refractivity contribution < 1.29 is 22.7 Å². The number of nitrogens with one attached hydrogen (secondary N) is 2. The van der Waals surface area contributed by atoms with Gasteiger partial charge in [-0.1, -0.05) is 29.8 Å². The highest BCUT2D eigenvalue weighted by Gasteiger charge is 2.22. The summed E-state index contributed by atoms with van der Waals surface area (Å²) in [5.41, 5.74) is 0.723. The Bertz CT molecular complexity index is 1260. The highest BCUT2D eigenvalue weighted by molar-refractivity contribution is 7.92. The molecule has 0 aromatic heterocycles. The Kier molecular flexibility index (Phi) is 7.57. The largest absolute Gasteiger partial charge is 0.497 e. The van der Waals surface area contributed by atoms with E-state index in [2.05, 4.69) is 10.0 Å². The first-order chi connectivity index (χ1) is 15.7. The number of carbonyl (C=O) groups excluding carboxylic acids is 2. The summed E-state index contributed by atoms with van der Waals surface area (Å²) in [4.78, 5) is 26.6. The summed E-state index contributed by atoms with van der Waals surface area (Å²) in [7, 11) is -0.977. The van der Waals surface area contributed by atoms with E-state index < -0.39 is 21.8 Å². The number of anilines is 2. The van der Waals surface area contributed by atoms with Crippen molar-refractivity contribution in [3.05, 3.63) is 83.4 Å². The molecule has 3 aromatic rings. The van der Waals surface area contributed by atoms with Gasteiger partial charge in [0.2, 0.25) is 5.91 Å². The molecule has 3 aromatic carbocycles. The highest BCUT2D eigenvalue weighted by atomic mass is 35.5. The average Bonchev–Trinajstić information content (AvgIpc) is 2.79. The third-order valence-electron chi connectivity index (χ3n) is 4.61. The van der Waals surface area contributed by atoms with Crippen LogP contribution in [0.3, 0.4) is 0 Å². The Morgan fingerprint density at radius 1 is 1.00 bits per heavy atom. The summed E-state index contributed by atoms with van der Waals surface area (Å²) in [6.07, 6.45) is 0. The zero-order chi connectivity index (χ0) is 24.0. The SMILES string of the molecule is COc1cccc(NC(=O)CN(C)C(=O)c2ccccc2NS(=O)(=O)c2ccc(Cl)cc2)c1. The third-order valence-corrected chi connectivity index (χ3v) is 6.24. The minimum absolute atomic E-state index is 0.000161. The Morgan fingerprint density at radius 2 is 1.70 bits per heavy atom. The maximum Gasteiger partial charge on any atom is 0.261 e. The van der Waals surface area contributed by atoms with Gasteiger partial charge in [-0.25, -0.2) is 8.42 Å². The van der Waals surface area contributed by atoms with Gasteiger partial charge >= 0.3 is 0 Å². The van der Waals surface area contributed by atoms with E-state index in [1.54, 1.807) is 36.4 Å². The first kappa shape index (κ1) is 24.1. The first-order valence-electron chi connectivity index (χ1n) is 9.76. The van der Waals surface area contributed by atoms with Gasteiger partial charge in [0.05, 0.1) is 29.8 Å². The number of sulfonamides is 1. The average molecular weight is 488 g/mol. The van der Waals surface area contributed by atoms with Crippen molar-refractivity contribution in [2.45, 2.75) is 4.90 Å². The molecular formula is C23H22ClN3O5S. The van der Waals surface area contributed by atoms with Gasteiger partial charge in [-0.15, -0.1) is 0 Å². The van der Waals surface area contributed by atoms with E-state index in [0.717, 1.165) is 0 Å². The molecule has 0 spiro atoms. The van der Waals surface area contributed by atoms with Crippen LogP contribution in [0.25, 0.3) is 0 Å². The van der Waals surface area contributed by atoms with Gasteiger partial charge in [0.1, 0.15) is 5.75 Å². The highest BCUT2D eigenvalue weighted by Crippen LogP contribution is 2.22. The standard InChI is InChI=1S/C23H22ClN3O5S/c1-27(15-22(28)25-17-6-5-7-18(14-17)32-2)23(29)20-8-3-4-9-21(20)26-33(30,31)19-12-10-16(24)11-13-19/h3-14,26H,15H2,1-2H3,(H,25,28). The summed E-state index contributed by atoms with van der Waals surface area (Å²) < 4.78 is 33.0. The Hall–Kier alpha value is -3.56. The van der Waals surface area contributed by atoms with E-state index in [1.807, 2.05) is 0 Å². The van der Waals surface area contributed by atoms with Crippen molar-refractivity contribution in [2.24, 2.45) is 0 Å². The summed E-state index contributed by atoms with van der Waals surface area (Å²) in [6.45, 7) is -0.242. The fourth-order valence-electron chi connectivity index (χ4n) is 2.97. The van der Waals surface area contributed by atoms with Crippen LogP contribution in [-0.2, 0) is 14.8 Å². The van der Waals surface area contributed by atoms with Crippen LogP contribution in [0.5, 0.6) is 5.75 Å². The molecule has 0 aliphatic heterocycles. The van der Waals surface area contributed by atoms with Gasteiger partial charge in [-0.05, 0) is 48.5 Å². The normalized spacial score (nSPS) is 10.9. The lowest BCUT2D eigenvalue weighted by Crippen LogP contribution is -2.35. The maximum atomic E-state index is 13.0. The van der Waals surface area contributed by atoms with Crippen molar-refractivity contribution in [3.8, 4) is 5.75 Å². The fraction of sp³-hybridized carbons (Fsp3) is 0.130. The Labute approximate surface area is 197 Å². The van der Waals surface area contributed by atoms with Crippen molar-refractivity contribution in [1.82, 2.24) is 4.90 Å². The number of benzene rings is 3. The maximum absolute atomic E-state index is 13.0. The number of rotatable bonds is 8. The van der Waals surface area contributed by atoms with E-state index in [0.29, 0.717) is 16.5 Å². The summed E-state index contributed by atoms with van der Waals surface area (Å²) in [6, 6.07) is 18.6. The van der Waals surface area contributed by atoms with Gasteiger partial charge < -0.3 is 15.0 Å². The number of para-hydroxylation sites is 1. The first-order valence-corrected chi connectivity index (χ1v) is 11.6. The van der Waals surface area contributed by atoms with E-state index >= 15 is 0 Å². The summed E-state index contributed by atoms with van der Waals surface area (Å²) in [5, 5.41) is 3.10.